The molecule has 152 valence electrons. The van der Waals surface area contributed by atoms with Crippen LogP contribution in [-0.4, -0.2) is 35.5 Å². The van der Waals surface area contributed by atoms with Crippen LogP contribution in [0.15, 0.2) is 30.3 Å². The zero-order chi connectivity index (χ0) is 20.3. The molecule has 0 saturated heterocycles. The molecule has 2 aromatic rings. The second-order valence-corrected chi connectivity index (χ2v) is 9.74. The van der Waals surface area contributed by atoms with Crippen molar-refractivity contribution in [3.05, 3.63) is 53.1 Å². The van der Waals surface area contributed by atoms with Crippen molar-refractivity contribution in [3.63, 3.8) is 0 Å². The van der Waals surface area contributed by atoms with Crippen molar-refractivity contribution in [2.75, 3.05) is 6.54 Å². The lowest BCUT2D eigenvalue weighted by Gasteiger charge is -2.27. The third kappa shape index (κ3) is 4.86. The molecule has 0 saturated carbocycles. The first-order valence-corrected chi connectivity index (χ1v) is 11.7. The van der Waals surface area contributed by atoms with E-state index in [0.717, 1.165) is 17.7 Å². The molecule has 1 aromatic carbocycles. The highest BCUT2D eigenvalue weighted by atomic mass is 35.7. The molecule has 1 amide bonds. The normalized spacial score (nSPS) is 15.2. The largest absolute Gasteiger partial charge is 0.445 e. The van der Waals surface area contributed by atoms with Gasteiger partial charge in [-0.15, -0.1) is 0 Å². The monoisotopic (exact) mass is 425 g/mol. The topological polar surface area (TPSA) is 81.5 Å². The third-order valence-corrected chi connectivity index (χ3v) is 5.91. The molecule has 3 rings (SSSR count). The molecular formula is C19H24ClN3O4S. The number of hydrogen-bond acceptors (Lipinski definition) is 5. The van der Waals surface area contributed by atoms with Gasteiger partial charge in [0.05, 0.1) is 17.9 Å². The summed E-state index contributed by atoms with van der Waals surface area (Å²) in [6, 6.07) is 9.48. The Morgan fingerprint density at radius 3 is 2.64 bits per heavy atom. The lowest BCUT2D eigenvalue weighted by atomic mass is 10.0. The number of carbonyl (C=O) groups excluding carboxylic acids is 1. The van der Waals surface area contributed by atoms with Gasteiger partial charge in [-0.1, -0.05) is 44.2 Å². The molecule has 1 unspecified atom stereocenters. The summed E-state index contributed by atoms with van der Waals surface area (Å²) in [5.74, 6) is 0.498. The number of amides is 1. The quantitative estimate of drug-likeness (QED) is 0.660. The smallest absolute Gasteiger partial charge is 0.410 e. The van der Waals surface area contributed by atoms with Crippen molar-refractivity contribution in [2.24, 2.45) is 0 Å². The first kappa shape index (κ1) is 20.7. The average Bonchev–Trinajstić information content (AvgIpc) is 3.02. The number of ether oxygens (including phenoxy) is 1. The predicted molar refractivity (Wildman–Crippen MR) is 106 cm³/mol. The van der Waals surface area contributed by atoms with Crippen LogP contribution in [0, 0.1) is 0 Å². The van der Waals surface area contributed by atoms with E-state index in [2.05, 4.69) is 4.98 Å². The molecule has 0 spiro atoms. The maximum Gasteiger partial charge on any atom is 0.410 e. The molecule has 28 heavy (non-hydrogen) atoms. The number of rotatable bonds is 6. The first-order chi connectivity index (χ1) is 13.3. The second kappa shape index (κ2) is 8.53. The molecule has 0 aliphatic carbocycles. The maximum atomic E-state index is 12.4. The first-order valence-electron chi connectivity index (χ1n) is 9.24. The van der Waals surface area contributed by atoms with Gasteiger partial charge in [-0.05, 0) is 17.9 Å². The van der Waals surface area contributed by atoms with Crippen molar-refractivity contribution >= 4 is 25.8 Å². The Morgan fingerprint density at radius 1 is 1.29 bits per heavy atom. The van der Waals surface area contributed by atoms with Gasteiger partial charge in [-0.25, -0.2) is 18.2 Å². The van der Waals surface area contributed by atoms with Crippen LogP contribution < -0.4 is 0 Å². The standard InChI is InChI=1S/C19H24ClN3O4S/c1-3-14(2)18-16(13-28(20,25)26)23-10-9-22(11-17(23)21-18)19(24)27-12-15-7-5-4-6-8-15/h4-8,14H,3,9-13H2,1-2H3. The molecule has 1 aromatic heterocycles. The van der Waals surface area contributed by atoms with Crippen molar-refractivity contribution in [1.29, 1.82) is 0 Å². The second-order valence-electron chi connectivity index (χ2n) is 6.97. The van der Waals surface area contributed by atoms with E-state index in [-0.39, 0.29) is 24.8 Å². The van der Waals surface area contributed by atoms with Crippen LogP contribution in [0.1, 0.15) is 49.0 Å². The zero-order valence-electron chi connectivity index (χ0n) is 16.0. The summed E-state index contributed by atoms with van der Waals surface area (Å²) < 4.78 is 30.6. The summed E-state index contributed by atoms with van der Waals surface area (Å²) in [4.78, 5) is 18.7. The number of benzene rings is 1. The van der Waals surface area contributed by atoms with Gasteiger partial charge < -0.3 is 9.30 Å². The van der Waals surface area contributed by atoms with Crippen LogP contribution in [0.5, 0.6) is 0 Å². The fourth-order valence-corrected chi connectivity index (χ4v) is 4.22. The van der Waals surface area contributed by atoms with E-state index in [0.29, 0.717) is 24.6 Å². The summed E-state index contributed by atoms with van der Waals surface area (Å²) >= 11 is 0. The van der Waals surface area contributed by atoms with Crippen molar-refractivity contribution in [2.45, 2.75) is 51.6 Å². The minimum Gasteiger partial charge on any atom is -0.445 e. The van der Waals surface area contributed by atoms with E-state index < -0.39 is 15.1 Å². The highest BCUT2D eigenvalue weighted by Gasteiger charge is 2.29. The molecule has 1 aliphatic rings. The van der Waals surface area contributed by atoms with Crippen LogP contribution in [-0.2, 0) is 39.2 Å². The fraction of sp³-hybridized carbons (Fsp3) is 0.474. The van der Waals surface area contributed by atoms with E-state index in [1.165, 1.54) is 0 Å². The van der Waals surface area contributed by atoms with Crippen LogP contribution in [0.2, 0.25) is 0 Å². The van der Waals surface area contributed by atoms with Crippen molar-refractivity contribution < 1.29 is 17.9 Å². The van der Waals surface area contributed by atoms with Gasteiger partial charge >= 0.3 is 6.09 Å². The Bertz CT molecular complexity index is 944. The number of halogens is 1. The highest BCUT2D eigenvalue weighted by molar-refractivity contribution is 8.13. The summed E-state index contributed by atoms with van der Waals surface area (Å²) in [5.41, 5.74) is 2.28. The minimum absolute atomic E-state index is 0.102. The van der Waals surface area contributed by atoms with Gasteiger partial charge in [0.2, 0.25) is 9.05 Å². The Balaban J connectivity index is 1.76. The number of aromatic nitrogens is 2. The van der Waals surface area contributed by atoms with E-state index in [1.807, 2.05) is 48.7 Å². The Labute approximate surface area is 169 Å². The minimum atomic E-state index is -3.71. The van der Waals surface area contributed by atoms with E-state index in [1.54, 1.807) is 4.90 Å². The van der Waals surface area contributed by atoms with Crippen molar-refractivity contribution in [1.82, 2.24) is 14.5 Å². The molecule has 7 nitrogen and oxygen atoms in total. The predicted octanol–water partition coefficient (Wildman–Crippen LogP) is 3.62. The third-order valence-electron chi connectivity index (χ3n) is 4.96. The summed E-state index contributed by atoms with van der Waals surface area (Å²) in [7, 11) is 1.80. The SMILES string of the molecule is CCC(C)c1nc2n(c1CS(=O)(=O)Cl)CCN(C(=O)OCc1ccccc1)C2. The van der Waals surface area contributed by atoms with Crippen molar-refractivity contribution in [3.8, 4) is 0 Å². The highest BCUT2D eigenvalue weighted by Crippen LogP contribution is 2.28. The van der Waals surface area contributed by atoms with Gasteiger partial charge in [0.1, 0.15) is 18.2 Å². The Hall–Kier alpha value is -2.06. The van der Waals surface area contributed by atoms with E-state index >= 15 is 0 Å². The number of carbonyl (C=O) groups is 1. The average molecular weight is 426 g/mol. The molecule has 0 N–H and O–H groups in total. The number of hydrogen-bond donors (Lipinski definition) is 0. The molecule has 1 atom stereocenters. The van der Waals surface area contributed by atoms with Crippen LogP contribution in [0.4, 0.5) is 4.79 Å². The Kier molecular flexibility index (Phi) is 6.30. The molecule has 9 heteroatoms. The van der Waals surface area contributed by atoms with Crippen LogP contribution >= 0.6 is 10.7 Å². The van der Waals surface area contributed by atoms with Gasteiger partial charge in [-0.2, -0.15) is 0 Å². The maximum absolute atomic E-state index is 12.4. The molecular weight excluding hydrogens is 402 g/mol. The van der Waals surface area contributed by atoms with Gasteiger partial charge in [0.25, 0.3) is 0 Å². The number of imidazole rings is 1. The molecule has 0 bridgehead atoms. The summed E-state index contributed by atoms with van der Waals surface area (Å²) in [5, 5.41) is 0. The lowest BCUT2D eigenvalue weighted by molar-refractivity contribution is 0.0860. The van der Waals surface area contributed by atoms with E-state index in [4.69, 9.17) is 15.4 Å². The van der Waals surface area contributed by atoms with Gasteiger partial charge in [0.15, 0.2) is 0 Å². The molecule has 2 heterocycles. The molecule has 1 aliphatic heterocycles. The molecule has 0 radical (unpaired) electrons. The van der Waals surface area contributed by atoms with E-state index in [9.17, 15) is 13.2 Å². The molecule has 0 fully saturated rings. The van der Waals surface area contributed by atoms with Gasteiger partial charge in [0, 0.05) is 23.8 Å². The Morgan fingerprint density at radius 2 is 2.00 bits per heavy atom. The summed E-state index contributed by atoms with van der Waals surface area (Å²) in [6.07, 6.45) is 0.420. The lowest BCUT2D eigenvalue weighted by Crippen LogP contribution is -2.39. The zero-order valence-corrected chi connectivity index (χ0v) is 17.5. The summed E-state index contributed by atoms with van der Waals surface area (Å²) in [6.45, 7) is 5.39. The van der Waals surface area contributed by atoms with Crippen LogP contribution in [0.25, 0.3) is 0 Å². The van der Waals surface area contributed by atoms with Gasteiger partial charge in [-0.3, -0.25) is 4.90 Å². The number of fused-ring (bicyclic) bond motifs is 1. The van der Waals surface area contributed by atoms with Crippen LogP contribution in [0.3, 0.4) is 0 Å². The number of nitrogens with zero attached hydrogens (tertiary/aromatic N) is 3. The fourth-order valence-electron chi connectivity index (χ4n) is 3.28.